The number of nitrogens with zero attached hydrogens (tertiary/aromatic N) is 2. The molecule has 1 aromatic heterocycles. The number of aliphatic imine (C=N–C) groups is 1. The highest BCUT2D eigenvalue weighted by Crippen LogP contribution is 2.21. The Morgan fingerprint density at radius 2 is 1.96 bits per heavy atom. The summed E-state index contributed by atoms with van der Waals surface area (Å²) >= 11 is 1.69. The Labute approximate surface area is 171 Å². The molecular formula is C18H27IN4OS. The van der Waals surface area contributed by atoms with E-state index in [9.17, 15) is 0 Å². The number of hydrogen-bond donors (Lipinski definition) is 2. The van der Waals surface area contributed by atoms with Crippen molar-refractivity contribution in [2.45, 2.75) is 46.9 Å². The summed E-state index contributed by atoms with van der Waals surface area (Å²) in [6.07, 6.45) is 2.05. The third-order valence-corrected chi connectivity index (χ3v) is 4.27. The minimum absolute atomic E-state index is 0. The number of hydrogen-bond acceptors (Lipinski definition) is 4. The molecule has 0 atom stereocenters. The molecule has 2 aromatic rings. The topological polar surface area (TPSA) is 58.5 Å². The predicted octanol–water partition coefficient (Wildman–Crippen LogP) is 4.03. The van der Waals surface area contributed by atoms with Crippen LogP contribution in [0.2, 0.25) is 0 Å². The summed E-state index contributed by atoms with van der Waals surface area (Å²) in [4.78, 5) is 9.72. The summed E-state index contributed by atoms with van der Waals surface area (Å²) in [5.74, 6) is 1.68. The number of ether oxygens (including phenoxy) is 1. The third-order valence-electron chi connectivity index (χ3n) is 3.35. The highest BCUT2D eigenvalue weighted by molar-refractivity contribution is 14.0. The monoisotopic (exact) mass is 474 g/mol. The molecule has 0 saturated carbocycles. The van der Waals surface area contributed by atoms with Crippen molar-refractivity contribution in [3.8, 4) is 5.75 Å². The van der Waals surface area contributed by atoms with E-state index in [2.05, 4.69) is 45.7 Å². The van der Waals surface area contributed by atoms with E-state index >= 15 is 0 Å². The number of aromatic nitrogens is 1. The molecule has 0 fully saturated rings. The quantitative estimate of drug-likeness (QED) is 0.377. The van der Waals surface area contributed by atoms with Gasteiger partial charge in [0, 0.05) is 30.2 Å². The molecule has 0 amide bonds. The number of aryl methyl sites for hydroxylation is 2. The Morgan fingerprint density at radius 3 is 2.56 bits per heavy atom. The van der Waals surface area contributed by atoms with Gasteiger partial charge in [0.1, 0.15) is 5.75 Å². The van der Waals surface area contributed by atoms with Crippen LogP contribution in [0, 0.1) is 13.8 Å². The zero-order chi connectivity index (χ0) is 17.5. The van der Waals surface area contributed by atoms with Crippen LogP contribution in [0.1, 0.15) is 34.9 Å². The fourth-order valence-corrected chi connectivity index (χ4v) is 2.96. The van der Waals surface area contributed by atoms with Gasteiger partial charge in [-0.05, 0) is 39.3 Å². The zero-order valence-electron chi connectivity index (χ0n) is 15.4. The van der Waals surface area contributed by atoms with Gasteiger partial charge in [-0.25, -0.2) is 4.98 Å². The van der Waals surface area contributed by atoms with Crippen molar-refractivity contribution >= 4 is 41.3 Å². The summed E-state index contributed by atoms with van der Waals surface area (Å²) in [7, 11) is 1.77. The summed E-state index contributed by atoms with van der Waals surface area (Å²) < 4.78 is 5.92. The van der Waals surface area contributed by atoms with Gasteiger partial charge in [0.2, 0.25) is 0 Å². The van der Waals surface area contributed by atoms with Gasteiger partial charge < -0.3 is 15.4 Å². The number of benzene rings is 1. The second-order valence-electron chi connectivity index (χ2n) is 5.90. The number of nitrogens with one attached hydrogen (secondary N) is 2. The molecule has 2 N–H and O–H groups in total. The number of rotatable bonds is 6. The van der Waals surface area contributed by atoms with Gasteiger partial charge in [-0.2, -0.15) is 0 Å². The van der Waals surface area contributed by atoms with E-state index in [4.69, 9.17) is 4.74 Å². The minimum Gasteiger partial charge on any atom is -0.491 e. The Bertz CT molecular complexity index is 700. The van der Waals surface area contributed by atoms with Gasteiger partial charge in [0.05, 0.1) is 17.7 Å². The molecule has 25 heavy (non-hydrogen) atoms. The van der Waals surface area contributed by atoms with E-state index in [0.717, 1.165) is 22.3 Å². The first-order valence-electron chi connectivity index (χ1n) is 8.10. The van der Waals surface area contributed by atoms with Crippen LogP contribution in [-0.4, -0.2) is 24.1 Å². The maximum absolute atomic E-state index is 5.92. The summed E-state index contributed by atoms with van der Waals surface area (Å²) in [6.45, 7) is 9.53. The first-order valence-corrected chi connectivity index (χ1v) is 8.91. The predicted molar refractivity (Wildman–Crippen MR) is 116 cm³/mol. The lowest BCUT2D eigenvalue weighted by Gasteiger charge is -2.17. The van der Waals surface area contributed by atoms with Crippen molar-refractivity contribution < 1.29 is 4.74 Å². The largest absolute Gasteiger partial charge is 0.491 e. The van der Waals surface area contributed by atoms with Crippen LogP contribution in [-0.2, 0) is 13.1 Å². The summed E-state index contributed by atoms with van der Waals surface area (Å²) in [5.41, 5.74) is 2.31. The lowest BCUT2D eigenvalue weighted by atomic mass is 10.1. The Hall–Kier alpha value is -1.35. The molecule has 0 bridgehead atoms. The number of thiazole rings is 1. The number of guanidine groups is 1. The lowest BCUT2D eigenvalue weighted by molar-refractivity contribution is 0.239. The van der Waals surface area contributed by atoms with Gasteiger partial charge in [-0.1, -0.05) is 12.1 Å². The number of halogens is 1. The summed E-state index contributed by atoms with van der Waals surface area (Å²) in [5, 5.41) is 7.72. The van der Waals surface area contributed by atoms with Crippen LogP contribution in [0.3, 0.4) is 0 Å². The summed E-state index contributed by atoms with van der Waals surface area (Å²) in [6, 6.07) is 6.27. The molecule has 0 aliphatic rings. The van der Waals surface area contributed by atoms with Gasteiger partial charge in [-0.3, -0.25) is 4.99 Å². The van der Waals surface area contributed by atoms with E-state index < -0.39 is 0 Å². The van der Waals surface area contributed by atoms with Gasteiger partial charge in [0.25, 0.3) is 0 Å². The maximum atomic E-state index is 5.92. The van der Waals surface area contributed by atoms with Crippen LogP contribution in [0.4, 0.5) is 0 Å². The normalized spacial score (nSPS) is 11.2. The molecule has 1 aromatic carbocycles. The highest BCUT2D eigenvalue weighted by atomic mass is 127. The van der Waals surface area contributed by atoms with E-state index in [-0.39, 0.29) is 30.1 Å². The van der Waals surface area contributed by atoms with Crippen molar-refractivity contribution in [2.24, 2.45) is 4.99 Å². The Balaban J connectivity index is 0.00000312. The molecule has 5 nitrogen and oxygen atoms in total. The first kappa shape index (κ1) is 21.7. The zero-order valence-corrected chi connectivity index (χ0v) is 18.6. The molecule has 0 spiro atoms. The van der Waals surface area contributed by atoms with Gasteiger partial charge in [0.15, 0.2) is 5.96 Å². The van der Waals surface area contributed by atoms with Crippen molar-refractivity contribution in [3.63, 3.8) is 0 Å². The molecule has 2 rings (SSSR count). The fraction of sp³-hybridized carbons (Fsp3) is 0.444. The van der Waals surface area contributed by atoms with Crippen LogP contribution in [0.25, 0.3) is 0 Å². The second-order valence-corrected chi connectivity index (χ2v) is 7.22. The van der Waals surface area contributed by atoms with Crippen LogP contribution >= 0.6 is 35.3 Å². The van der Waals surface area contributed by atoms with Crippen LogP contribution < -0.4 is 15.4 Å². The van der Waals surface area contributed by atoms with Crippen molar-refractivity contribution in [1.82, 2.24) is 15.6 Å². The molecule has 0 radical (unpaired) electrons. The highest BCUT2D eigenvalue weighted by Gasteiger charge is 2.08. The Kier molecular flexibility index (Phi) is 9.20. The maximum Gasteiger partial charge on any atom is 0.191 e. The smallest absolute Gasteiger partial charge is 0.191 e. The van der Waals surface area contributed by atoms with E-state index in [1.54, 1.807) is 18.4 Å². The molecule has 1 heterocycles. The Morgan fingerprint density at radius 1 is 1.24 bits per heavy atom. The average Bonchev–Trinajstić information content (AvgIpc) is 2.94. The fourth-order valence-electron chi connectivity index (χ4n) is 2.23. The molecule has 138 valence electrons. The first-order chi connectivity index (χ1) is 11.5. The van der Waals surface area contributed by atoms with Gasteiger partial charge >= 0.3 is 0 Å². The molecule has 0 aliphatic carbocycles. The molecular weight excluding hydrogens is 447 g/mol. The average molecular weight is 474 g/mol. The second kappa shape index (κ2) is 10.6. The molecule has 0 aliphatic heterocycles. The van der Waals surface area contributed by atoms with Crippen LogP contribution in [0.5, 0.6) is 5.75 Å². The third kappa shape index (κ3) is 7.19. The standard InChI is InChI=1S/C18H26N4OS.HI/c1-12(2)23-17-8-13(3)6-7-15(17)9-21-18(19-5)22-11-16-10-20-14(4)24-16;/h6-8,10,12H,9,11H2,1-5H3,(H2,19,21,22);1H. The van der Waals surface area contributed by atoms with Crippen LogP contribution in [0.15, 0.2) is 29.4 Å². The van der Waals surface area contributed by atoms with Gasteiger partial charge in [-0.15, -0.1) is 35.3 Å². The molecule has 7 heteroatoms. The molecule has 0 unspecified atom stereocenters. The van der Waals surface area contributed by atoms with E-state index in [0.29, 0.717) is 13.1 Å². The van der Waals surface area contributed by atoms with Crippen molar-refractivity contribution in [2.75, 3.05) is 7.05 Å². The lowest BCUT2D eigenvalue weighted by Crippen LogP contribution is -2.36. The van der Waals surface area contributed by atoms with Crippen molar-refractivity contribution in [3.05, 3.63) is 45.4 Å². The van der Waals surface area contributed by atoms with E-state index in [1.807, 2.05) is 27.0 Å². The minimum atomic E-state index is 0. The van der Waals surface area contributed by atoms with Crippen molar-refractivity contribution in [1.29, 1.82) is 0 Å². The molecule has 0 saturated heterocycles. The SMILES string of the molecule is CN=C(NCc1cnc(C)s1)NCc1ccc(C)cc1OC(C)C.I. The van der Waals surface area contributed by atoms with E-state index in [1.165, 1.54) is 10.4 Å².